The zero-order valence-electron chi connectivity index (χ0n) is 21.9. The molecule has 1 saturated heterocycles. The second kappa shape index (κ2) is 11.1. The van der Waals surface area contributed by atoms with Crippen LogP contribution < -0.4 is 21.9 Å². The summed E-state index contributed by atoms with van der Waals surface area (Å²) in [6.07, 6.45) is 0. The van der Waals surface area contributed by atoms with E-state index in [9.17, 15) is 22.8 Å². The van der Waals surface area contributed by atoms with Gasteiger partial charge >= 0.3 is 5.69 Å². The van der Waals surface area contributed by atoms with Crippen molar-refractivity contribution in [2.45, 2.75) is 38.8 Å². The van der Waals surface area contributed by atoms with Crippen LogP contribution in [-0.2, 0) is 23.1 Å². The van der Waals surface area contributed by atoms with Gasteiger partial charge in [0.15, 0.2) is 0 Å². The Labute approximate surface area is 222 Å². The third-order valence-corrected chi connectivity index (χ3v) is 9.09. The van der Waals surface area contributed by atoms with Crippen LogP contribution in [0, 0.1) is 13.8 Å². The Hall–Kier alpha value is -3.54. The van der Waals surface area contributed by atoms with Gasteiger partial charge in [-0.05, 0) is 43.5 Å². The maximum atomic E-state index is 13.4. The highest BCUT2D eigenvalue weighted by atomic mass is 32.2. The lowest BCUT2D eigenvalue weighted by Gasteiger charge is -2.31. The van der Waals surface area contributed by atoms with E-state index < -0.39 is 27.1 Å². The Morgan fingerprint density at radius 1 is 1.00 bits per heavy atom. The Morgan fingerprint density at radius 3 is 2.29 bits per heavy atom. The summed E-state index contributed by atoms with van der Waals surface area (Å²) in [6, 6.07) is 14.6. The summed E-state index contributed by atoms with van der Waals surface area (Å²) in [7, 11) is -3.66. The number of quaternary nitrogens is 1. The molecule has 0 radical (unpaired) electrons. The minimum absolute atomic E-state index is 0.0238. The Kier molecular flexibility index (Phi) is 8.00. The third-order valence-electron chi connectivity index (χ3n) is 7.05. The summed E-state index contributed by atoms with van der Waals surface area (Å²) in [4.78, 5) is 40.6. The highest BCUT2D eigenvalue weighted by molar-refractivity contribution is 7.89. The molecule has 1 fully saturated rings. The molecule has 11 heteroatoms. The molecule has 0 bridgehead atoms. The molecule has 0 saturated carbocycles. The van der Waals surface area contributed by atoms with Crippen LogP contribution in [0.5, 0.6) is 0 Å². The number of Topliss-reactive ketones (excluding diaryl/α,β-unsaturated/α-hetero) is 1. The number of aryl methyl sites for hydroxylation is 2. The number of ketones is 1. The van der Waals surface area contributed by atoms with E-state index in [1.807, 2.05) is 43.3 Å². The van der Waals surface area contributed by atoms with Crippen LogP contribution in [0.25, 0.3) is 0 Å². The molecule has 38 heavy (non-hydrogen) atoms. The van der Waals surface area contributed by atoms with Crippen molar-refractivity contribution in [3.8, 4) is 0 Å². The van der Waals surface area contributed by atoms with E-state index in [1.165, 1.54) is 8.87 Å². The molecule has 0 atom stereocenters. The molecular formula is C27H34N5O5S+. The number of aromatic nitrogens is 2. The first kappa shape index (κ1) is 27.5. The van der Waals surface area contributed by atoms with Crippen molar-refractivity contribution in [1.29, 1.82) is 0 Å². The van der Waals surface area contributed by atoms with E-state index in [2.05, 4.69) is 0 Å². The lowest BCUT2D eigenvalue weighted by atomic mass is 10.1. The monoisotopic (exact) mass is 540 g/mol. The van der Waals surface area contributed by atoms with Crippen molar-refractivity contribution in [3.63, 3.8) is 0 Å². The van der Waals surface area contributed by atoms with Gasteiger partial charge in [0.05, 0.1) is 37.6 Å². The number of sulfonamides is 1. The zero-order valence-corrected chi connectivity index (χ0v) is 22.8. The SMILES string of the molecule is CCn1c(=O)c(C(=O)C[NH+]2CCN(S(=O)(=O)c3cc(C)ccc3C)CC2)c(N)n(Cc2ccccc2)c1=O. The fourth-order valence-corrected chi connectivity index (χ4v) is 6.59. The summed E-state index contributed by atoms with van der Waals surface area (Å²) < 4.78 is 30.2. The lowest BCUT2D eigenvalue weighted by Crippen LogP contribution is -3.15. The number of rotatable bonds is 8. The molecule has 4 rings (SSSR count). The number of anilines is 1. The summed E-state index contributed by atoms with van der Waals surface area (Å²) in [5, 5.41) is 0. The van der Waals surface area contributed by atoms with Gasteiger partial charge in [0.25, 0.3) is 5.56 Å². The zero-order chi connectivity index (χ0) is 27.6. The summed E-state index contributed by atoms with van der Waals surface area (Å²) >= 11 is 0. The van der Waals surface area contributed by atoms with E-state index in [4.69, 9.17) is 5.73 Å². The summed E-state index contributed by atoms with van der Waals surface area (Å²) in [5.74, 6) is -0.605. The number of hydrogen-bond donors (Lipinski definition) is 2. The molecule has 1 aromatic heterocycles. The van der Waals surface area contributed by atoms with Crippen molar-refractivity contribution in [2.75, 3.05) is 38.5 Å². The van der Waals surface area contributed by atoms with E-state index in [0.717, 1.165) is 20.6 Å². The molecule has 0 spiro atoms. The third kappa shape index (κ3) is 5.35. The number of nitrogens with zero attached hydrogens (tertiary/aromatic N) is 3. The minimum atomic E-state index is -3.66. The number of nitrogens with one attached hydrogen (secondary N) is 1. The van der Waals surface area contributed by atoms with Gasteiger partial charge in [0, 0.05) is 6.54 Å². The first-order valence-corrected chi connectivity index (χ1v) is 14.1. The van der Waals surface area contributed by atoms with Crippen molar-refractivity contribution >= 4 is 21.6 Å². The average Bonchev–Trinajstić information content (AvgIpc) is 2.89. The number of nitrogen functional groups attached to an aromatic ring is 1. The first-order valence-electron chi connectivity index (χ1n) is 12.7. The molecule has 1 aliphatic rings. The van der Waals surface area contributed by atoms with E-state index >= 15 is 0 Å². The molecular weight excluding hydrogens is 506 g/mol. The first-order chi connectivity index (χ1) is 18.0. The highest BCUT2D eigenvalue weighted by Crippen LogP contribution is 2.21. The topological polar surface area (TPSA) is 129 Å². The minimum Gasteiger partial charge on any atom is -0.384 e. The van der Waals surface area contributed by atoms with Crippen LogP contribution in [0.2, 0.25) is 0 Å². The second-order valence-electron chi connectivity index (χ2n) is 9.69. The van der Waals surface area contributed by atoms with Gasteiger partial charge < -0.3 is 10.6 Å². The van der Waals surface area contributed by atoms with Crippen molar-refractivity contribution in [2.24, 2.45) is 0 Å². The molecule has 0 unspecified atom stereocenters. The average molecular weight is 541 g/mol. The molecule has 3 N–H and O–H groups in total. The number of hydrogen-bond acceptors (Lipinski definition) is 6. The smallest absolute Gasteiger partial charge is 0.332 e. The molecule has 0 amide bonds. The van der Waals surface area contributed by atoms with Gasteiger partial charge in [0.2, 0.25) is 15.8 Å². The van der Waals surface area contributed by atoms with Gasteiger partial charge in [-0.3, -0.25) is 18.7 Å². The maximum Gasteiger partial charge on any atom is 0.332 e. The molecule has 2 aromatic carbocycles. The van der Waals surface area contributed by atoms with Gasteiger partial charge in [-0.2, -0.15) is 4.31 Å². The molecule has 202 valence electrons. The number of nitrogens with two attached hydrogens (primary N) is 1. The normalized spacial score (nSPS) is 15.0. The van der Waals surface area contributed by atoms with Gasteiger partial charge in [-0.15, -0.1) is 0 Å². The molecule has 1 aliphatic heterocycles. The van der Waals surface area contributed by atoms with Gasteiger partial charge in [-0.25, -0.2) is 13.2 Å². The van der Waals surface area contributed by atoms with Crippen LogP contribution in [-0.4, -0.2) is 60.4 Å². The van der Waals surface area contributed by atoms with Crippen LogP contribution in [0.3, 0.4) is 0 Å². The summed E-state index contributed by atoms with van der Waals surface area (Å²) in [6.45, 7) is 6.82. The van der Waals surface area contributed by atoms with Crippen molar-refractivity contribution in [1.82, 2.24) is 13.4 Å². The number of piperazine rings is 1. The van der Waals surface area contributed by atoms with Crippen molar-refractivity contribution < 1.29 is 18.1 Å². The van der Waals surface area contributed by atoms with Crippen LogP contribution in [0.4, 0.5) is 5.82 Å². The predicted octanol–water partition coefficient (Wildman–Crippen LogP) is 0.0493. The summed E-state index contributed by atoms with van der Waals surface area (Å²) in [5.41, 5.74) is 7.18. The molecule has 10 nitrogen and oxygen atoms in total. The van der Waals surface area contributed by atoms with Gasteiger partial charge in [-0.1, -0.05) is 42.5 Å². The van der Waals surface area contributed by atoms with Crippen LogP contribution >= 0.6 is 0 Å². The van der Waals surface area contributed by atoms with Crippen molar-refractivity contribution in [3.05, 3.63) is 91.6 Å². The fraction of sp³-hybridized carbons (Fsp3) is 0.370. The van der Waals surface area contributed by atoms with Crippen LogP contribution in [0.15, 0.2) is 63.0 Å². The van der Waals surface area contributed by atoms with Crippen LogP contribution in [0.1, 0.15) is 34.0 Å². The second-order valence-corrected chi connectivity index (χ2v) is 11.6. The Morgan fingerprint density at radius 2 is 1.66 bits per heavy atom. The molecule has 3 aromatic rings. The fourth-order valence-electron chi connectivity index (χ4n) is 4.83. The maximum absolute atomic E-state index is 13.4. The largest absolute Gasteiger partial charge is 0.384 e. The number of carbonyl (C=O) groups excluding carboxylic acids is 1. The Balaban J connectivity index is 1.54. The van der Waals surface area contributed by atoms with E-state index in [0.29, 0.717) is 23.5 Å². The quantitative estimate of drug-likeness (QED) is 0.389. The highest BCUT2D eigenvalue weighted by Gasteiger charge is 2.33. The Bertz CT molecular complexity index is 1570. The molecule has 0 aliphatic carbocycles. The standard InChI is InChI=1S/C27H33N5O5S/c1-4-31-26(34)24(25(28)32(27(31)35)17-21-8-6-5-7-9-21)22(33)18-29-12-14-30(15-13-29)38(36,37)23-16-19(2)10-11-20(23)3/h5-11,16H,4,12-15,17-18,28H2,1-3H3/p+1. The van der Waals surface area contributed by atoms with E-state index in [-0.39, 0.29) is 44.1 Å². The number of benzene rings is 2. The predicted molar refractivity (Wildman–Crippen MR) is 145 cm³/mol. The molecule has 2 heterocycles. The lowest BCUT2D eigenvalue weighted by molar-refractivity contribution is -0.895. The number of carbonyl (C=O) groups is 1. The van der Waals surface area contributed by atoms with Gasteiger partial charge in [0.1, 0.15) is 17.9 Å². The van der Waals surface area contributed by atoms with E-state index in [1.54, 1.807) is 26.0 Å².